The Labute approximate surface area is 226 Å². The first-order valence-corrected chi connectivity index (χ1v) is 12.3. The van der Waals surface area contributed by atoms with Gasteiger partial charge in [-0.15, -0.1) is 0 Å². The summed E-state index contributed by atoms with van der Waals surface area (Å²) >= 11 is 0. The van der Waals surface area contributed by atoms with Gasteiger partial charge in [-0.2, -0.15) is 0 Å². The van der Waals surface area contributed by atoms with Crippen molar-refractivity contribution in [2.75, 3.05) is 13.2 Å². The first-order valence-electron chi connectivity index (χ1n) is 12.3. The standard InChI is InChI=1S/C26H28O14/c1-8-4-10-11(5-12(8)27)18(30)16-9(17(10)29)2-3-14(20(16)32)39-26-24(36)22(34)21(33)15(40-26)7-38-25-23(35)19(31)13(28)6-37-25/h2-5,13,15,19,21-28,31-36H,6-7H2,1H3/t13-,15-,19+,21-,22+,23-,24-,25+,26-/m1/s1. The molecule has 14 nitrogen and oxygen atoms in total. The number of phenolic OH excluding ortho intramolecular Hbond substituents is 2. The fraction of sp³-hybridized carbons (Fsp3) is 0.462. The predicted molar refractivity (Wildman–Crippen MR) is 129 cm³/mol. The second-order valence-electron chi connectivity index (χ2n) is 9.89. The Hall–Kier alpha value is -3.18. The topological polar surface area (TPSA) is 233 Å². The number of carbonyl (C=O) groups is 2. The van der Waals surface area contributed by atoms with Crippen molar-refractivity contribution in [2.45, 2.75) is 62.2 Å². The van der Waals surface area contributed by atoms with Crippen LogP contribution in [-0.2, 0) is 14.2 Å². The number of fused-ring (bicyclic) bond motifs is 2. The number of ether oxygens (including phenoxy) is 4. The van der Waals surface area contributed by atoms with Crippen LogP contribution in [0.5, 0.6) is 17.2 Å². The molecule has 2 saturated heterocycles. The van der Waals surface area contributed by atoms with Crippen LogP contribution in [0.15, 0.2) is 24.3 Å². The molecule has 8 N–H and O–H groups in total. The summed E-state index contributed by atoms with van der Waals surface area (Å²) in [6.07, 6.45) is -14.4. The normalized spacial score (nSPS) is 33.8. The number of aliphatic hydroxyl groups is 6. The van der Waals surface area contributed by atoms with E-state index in [9.17, 15) is 50.4 Å². The van der Waals surface area contributed by atoms with Gasteiger partial charge in [0.15, 0.2) is 29.4 Å². The van der Waals surface area contributed by atoms with Gasteiger partial charge in [0.05, 0.1) is 18.8 Å². The third-order valence-corrected chi connectivity index (χ3v) is 7.23. The molecule has 2 aromatic carbocycles. The van der Waals surface area contributed by atoms with Gasteiger partial charge in [0.25, 0.3) is 0 Å². The van der Waals surface area contributed by atoms with E-state index in [2.05, 4.69) is 0 Å². The number of aryl methyl sites for hydroxylation is 1. The maximum atomic E-state index is 13.2. The van der Waals surface area contributed by atoms with Gasteiger partial charge in [-0.3, -0.25) is 9.59 Å². The SMILES string of the molecule is Cc1cc2c(cc1O)C(=O)c1c(ccc(O[C@@H]3O[C@H](CO[C@@H]4OC[C@@H](O)[C@H](O)[C@H]4O)[C@@H](O)[C@H](O)[C@H]3O)c1O)C2=O. The van der Waals surface area contributed by atoms with Crippen molar-refractivity contribution in [3.8, 4) is 17.2 Å². The van der Waals surface area contributed by atoms with Gasteiger partial charge < -0.3 is 59.8 Å². The van der Waals surface area contributed by atoms with E-state index < -0.39 is 90.5 Å². The zero-order valence-electron chi connectivity index (χ0n) is 20.9. The van der Waals surface area contributed by atoms with E-state index in [1.54, 1.807) is 6.92 Å². The molecule has 1 aliphatic carbocycles. The van der Waals surface area contributed by atoms with Crippen LogP contribution in [0.4, 0.5) is 0 Å². The molecule has 2 aliphatic heterocycles. The summed E-state index contributed by atoms with van der Waals surface area (Å²) in [5.74, 6) is -2.68. The highest BCUT2D eigenvalue weighted by molar-refractivity contribution is 6.29. The lowest BCUT2D eigenvalue weighted by atomic mass is 9.82. The summed E-state index contributed by atoms with van der Waals surface area (Å²) in [6.45, 7) is 0.694. The minimum atomic E-state index is -1.84. The van der Waals surface area contributed by atoms with E-state index in [1.807, 2.05) is 0 Å². The molecule has 9 atom stereocenters. The molecule has 40 heavy (non-hydrogen) atoms. The molecule has 2 heterocycles. The molecule has 0 radical (unpaired) electrons. The van der Waals surface area contributed by atoms with Crippen LogP contribution in [0, 0.1) is 6.92 Å². The average Bonchev–Trinajstić information content (AvgIpc) is 2.93. The van der Waals surface area contributed by atoms with E-state index in [0.29, 0.717) is 5.56 Å². The van der Waals surface area contributed by atoms with Crippen LogP contribution in [0.2, 0.25) is 0 Å². The molecule has 0 unspecified atom stereocenters. The van der Waals surface area contributed by atoms with E-state index in [4.69, 9.17) is 18.9 Å². The molecular formula is C26H28O14. The Morgan fingerprint density at radius 3 is 2.23 bits per heavy atom. The molecule has 216 valence electrons. The molecular weight excluding hydrogens is 536 g/mol. The lowest BCUT2D eigenvalue weighted by Crippen LogP contribution is -2.61. The number of ketones is 2. The Morgan fingerprint density at radius 1 is 0.825 bits per heavy atom. The number of aliphatic hydroxyl groups excluding tert-OH is 6. The van der Waals surface area contributed by atoms with Crippen molar-refractivity contribution in [1.82, 2.24) is 0 Å². The molecule has 14 heteroatoms. The zero-order valence-corrected chi connectivity index (χ0v) is 20.9. The molecule has 5 rings (SSSR count). The summed E-state index contributed by atoms with van der Waals surface area (Å²) in [7, 11) is 0. The van der Waals surface area contributed by atoms with E-state index in [0.717, 1.165) is 12.1 Å². The van der Waals surface area contributed by atoms with Gasteiger partial charge in [-0.25, -0.2) is 0 Å². The minimum absolute atomic E-state index is 0.0564. The maximum absolute atomic E-state index is 13.2. The van der Waals surface area contributed by atoms with Crippen molar-refractivity contribution in [1.29, 1.82) is 0 Å². The van der Waals surface area contributed by atoms with E-state index >= 15 is 0 Å². The van der Waals surface area contributed by atoms with Crippen LogP contribution < -0.4 is 4.74 Å². The number of benzene rings is 2. The summed E-state index contributed by atoms with van der Waals surface area (Å²) in [6, 6.07) is 4.90. The number of hydrogen-bond donors (Lipinski definition) is 8. The second-order valence-corrected chi connectivity index (χ2v) is 9.89. The smallest absolute Gasteiger partial charge is 0.229 e. The van der Waals surface area contributed by atoms with Crippen LogP contribution in [0.25, 0.3) is 0 Å². The first-order chi connectivity index (χ1) is 18.9. The van der Waals surface area contributed by atoms with Crippen molar-refractivity contribution in [2.24, 2.45) is 0 Å². The quantitative estimate of drug-likeness (QED) is 0.165. The van der Waals surface area contributed by atoms with Gasteiger partial charge >= 0.3 is 0 Å². The monoisotopic (exact) mass is 564 g/mol. The molecule has 2 aromatic rings. The number of rotatable bonds is 5. The van der Waals surface area contributed by atoms with Crippen molar-refractivity contribution in [3.63, 3.8) is 0 Å². The third-order valence-electron chi connectivity index (χ3n) is 7.23. The fourth-order valence-electron chi connectivity index (χ4n) is 4.83. The third kappa shape index (κ3) is 4.72. The molecule has 0 aromatic heterocycles. The molecule has 0 spiro atoms. The number of aromatic hydroxyl groups is 2. The van der Waals surface area contributed by atoms with Crippen molar-refractivity contribution >= 4 is 11.6 Å². The molecule has 2 fully saturated rings. The summed E-state index contributed by atoms with van der Waals surface area (Å²) < 4.78 is 21.6. The average molecular weight is 564 g/mol. The summed E-state index contributed by atoms with van der Waals surface area (Å²) in [4.78, 5) is 26.2. The highest BCUT2D eigenvalue weighted by Gasteiger charge is 2.47. The molecule has 0 amide bonds. The largest absolute Gasteiger partial charge is 0.508 e. The van der Waals surface area contributed by atoms with Gasteiger partial charge in [0.1, 0.15) is 48.5 Å². The highest BCUT2D eigenvalue weighted by atomic mass is 16.7. The minimum Gasteiger partial charge on any atom is -0.508 e. The Kier molecular flexibility index (Phi) is 7.56. The van der Waals surface area contributed by atoms with Crippen LogP contribution in [-0.4, -0.2) is 121 Å². The summed E-state index contributed by atoms with van der Waals surface area (Å²) in [5, 5.41) is 81.5. The Morgan fingerprint density at radius 2 is 1.50 bits per heavy atom. The predicted octanol–water partition coefficient (Wildman–Crippen LogP) is -2.18. The maximum Gasteiger partial charge on any atom is 0.229 e. The van der Waals surface area contributed by atoms with Gasteiger partial charge in [-0.05, 0) is 36.8 Å². The second kappa shape index (κ2) is 10.7. The lowest BCUT2D eigenvalue weighted by Gasteiger charge is -2.41. The van der Waals surface area contributed by atoms with Gasteiger partial charge in [0, 0.05) is 16.7 Å². The van der Waals surface area contributed by atoms with Crippen molar-refractivity contribution < 1.29 is 69.4 Å². The number of hydrogen-bond acceptors (Lipinski definition) is 14. The zero-order chi connectivity index (χ0) is 29.0. The van der Waals surface area contributed by atoms with E-state index in [1.165, 1.54) is 12.1 Å². The van der Waals surface area contributed by atoms with Crippen molar-refractivity contribution in [3.05, 3.63) is 52.1 Å². The summed E-state index contributed by atoms with van der Waals surface area (Å²) in [5.41, 5.74) is -0.192. The van der Waals surface area contributed by atoms with Crippen LogP contribution in [0.3, 0.4) is 0 Å². The highest BCUT2D eigenvalue weighted by Crippen LogP contribution is 2.41. The van der Waals surface area contributed by atoms with Crippen LogP contribution in [0.1, 0.15) is 37.4 Å². The Balaban J connectivity index is 1.35. The molecule has 3 aliphatic rings. The van der Waals surface area contributed by atoms with Crippen LogP contribution >= 0.6 is 0 Å². The van der Waals surface area contributed by atoms with Gasteiger partial charge in [-0.1, -0.05) is 0 Å². The van der Waals surface area contributed by atoms with E-state index in [-0.39, 0.29) is 29.0 Å². The van der Waals surface area contributed by atoms with Gasteiger partial charge in [0.2, 0.25) is 6.29 Å². The lowest BCUT2D eigenvalue weighted by molar-refractivity contribution is -0.307. The first kappa shape index (κ1) is 28.4. The number of phenols is 2. The molecule has 0 bridgehead atoms. The molecule has 0 saturated carbocycles. The Bertz CT molecular complexity index is 1330. The fourth-order valence-corrected chi connectivity index (χ4v) is 4.83. The number of carbonyl (C=O) groups excluding carboxylic acids is 2.